The van der Waals surface area contributed by atoms with E-state index in [0.29, 0.717) is 5.92 Å². The second-order valence-electron chi connectivity index (χ2n) is 8.34. The minimum Gasteiger partial charge on any atom is -0.309 e. The van der Waals surface area contributed by atoms with Gasteiger partial charge in [0.15, 0.2) is 0 Å². The van der Waals surface area contributed by atoms with Crippen LogP contribution in [0.2, 0.25) is 0 Å². The van der Waals surface area contributed by atoms with Gasteiger partial charge in [-0.15, -0.1) is 6.58 Å². The zero-order valence-corrected chi connectivity index (χ0v) is 18.5. The van der Waals surface area contributed by atoms with Crippen LogP contribution in [-0.2, 0) is 0 Å². The molecule has 1 atom stereocenters. The normalized spacial score (nSPS) is 12.9. The van der Waals surface area contributed by atoms with E-state index in [1.165, 1.54) is 103 Å². The van der Waals surface area contributed by atoms with Gasteiger partial charge in [-0.25, -0.2) is 0 Å². The van der Waals surface area contributed by atoms with Gasteiger partial charge in [-0.2, -0.15) is 0 Å². The minimum atomic E-state index is 0.674. The van der Waals surface area contributed by atoms with E-state index in [1.54, 1.807) is 0 Å². The van der Waals surface area contributed by atoms with Gasteiger partial charge in [0.05, 0.1) is 0 Å². The molecule has 0 radical (unpaired) electrons. The van der Waals surface area contributed by atoms with E-state index < -0.39 is 0 Å². The Morgan fingerprint density at radius 1 is 0.692 bits per heavy atom. The first-order valence-corrected chi connectivity index (χ1v) is 11.6. The van der Waals surface area contributed by atoms with Gasteiger partial charge in [0.25, 0.3) is 0 Å². The molecule has 0 amide bonds. The van der Waals surface area contributed by atoms with Gasteiger partial charge in [0, 0.05) is 6.54 Å². The highest BCUT2D eigenvalue weighted by molar-refractivity contribution is 4.81. The summed E-state index contributed by atoms with van der Waals surface area (Å²) < 4.78 is 0. The molecule has 0 aromatic carbocycles. The third-order valence-electron chi connectivity index (χ3n) is 5.27. The molecule has 1 heteroatoms. The van der Waals surface area contributed by atoms with Crippen molar-refractivity contribution < 1.29 is 0 Å². The van der Waals surface area contributed by atoms with E-state index in [-0.39, 0.29) is 0 Å². The molecule has 26 heavy (non-hydrogen) atoms. The van der Waals surface area contributed by atoms with Gasteiger partial charge < -0.3 is 4.90 Å². The fourth-order valence-corrected chi connectivity index (χ4v) is 3.58. The van der Waals surface area contributed by atoms with Crippen molar-refractivity contribution in [2.75, 3.05) is 20.6 Å². The molecule has 0 N–H and O–H groups in total. The van der Waals surface area contributed by atoms with Crippen molar-refractivity contribution in [3.8, 4) is 0 Å². The smallest absolute Gasteiger partial charge is 0.00381 e. The zero-order chi connectivity index (χ0) is 19.3. The van der Waals surface area contributed by atoms with Crippen molar-refractivity contribution in [3.05, 3.63) is 24.8 Å². The fraction of sp³-hybridized carbons (Fsp3) is 0.840. The molecule has 0 fully saturated rings. The molecule has 0 aromatic rings. The van der Waals surface area contributed by atoms with Crippen LogP contribution in [0.5, 0.6) is 0 Å². The molecule has 0 aromatic heterocycles. The minimum absolute atomic E-state index is 0.674. The molecule has 1 nitrogen and oxygen atoms in total. The molecule has 0 heterocycles. The summed E-state index contributed by atoms with van der Waals surface area (Å²) in [5.41, 5.74) is 0. The quantitative estimate of drug-likeness (QED) is 0.156. The van der Waals surface area contributed by atoms with Gasteiger partial charge in [-0.3, -0.25) is 0 Å². The van der Waals surface area contributed by atoms with Crippen LogP contribution in [0.25, 0.3) is 0 Å². The van der Waals surface area contributed by atoms with E-state index >= 15 is 0 Å². The summed E-state index contributed by atoms with van der Waals surface area (Å²) >= 11 is 0. The van der Waals surface area contributed by atoms with Crippen LogP contribution in [0.3, 0.4) is 0 Å². The molecule has 154 valence electrons. The van der Waals surface area contributed by atoms with Crippen LogP contribution < -0.4 is 0 Å². The molecule has 0 spiro atoms. The number of allylic oxidation sites excluding steroid dienone is 2. The van der Waals surface area contributed by atoms with E-state index in [2.05, 4.69) is 50.7 Å². The van der Waals surface area contributed by atoms with Gasteiger partial charge in [-0.05, 0) is 52.1 Å². The monoisotopic (exact) mass is 363 g/mol. The molecule has 0 saturated heterocycles. The van der Waals surface area contributed by atoms with Crippen LogP contribution >= 0.6 is 0 Å². The topological polar surface area (TPSA) is 3.24 Å². The summed E-state index contributed by atoms with van der Waals surface area (Å²) in [5.74, 6) is 0.674. The van der Waals surface area contributed by atoms with Crippen molar-refractivity contribution in [2.45, 2.75) is 110 Å². The number of rotatable bonds is 20. The van der Waals surface area contributed by atoms with Gasteiger partial charge in [-0.1, -0.05) is 95.8 Å². The highest BCUT2D eigenvalue weighted by Gasteiger charge is 2.04. The maximum Gasteiger partial charge on any atom is 0.00381 e. The first-order chi connectivity index (χ1) is 12.7. The lowest BCUT2D eigenvalue weighted by atomic mass is 9.99. The second-order valence-corrected chi connectivity index (χ2v) is 8.34. The Balaban J connectivity index is 3.23. The molecule has 0 aliphatic rings. The summed E-state index contributed by atoms with van der Waals surface area (Å²) in [6, 6.07) is 0. The number of unbranched alkanes of at least 4 members (excludes halogenated alkanes) is 13. The highest BCUT2D eigenvalue weighted by atomic mass is 15.1. The van der Waals surface area contributed by atoms with Crippen molar-refractivity contribution >= 4 is 0 Å². The Morgan fingerprint density at radius 2 is 1.15 bits per heavy atom. The molecule has 0 aliphatic heterocycles. The standard InChI is InChI=1S/C25H49N/c1-5-7-8-9-10-11-12-13-14-15-16-17-18-19-20-21-22-23-25(6-2)24-26(3)4/h6,13-14,25H,2,5,7-12,15-24H2,1,3-4H3/b14-13+. The Morgan fingerprint density at radius 3 is 1.62 bits per heavy atom. The van der Waals surface area contributed by atoms with Crippen molar-refractivity contribution in [3.63, 3.8) is 0 Å². The van der Waals surface area contributed by atoms with Crippen LogP contribution in [0.4, 0.5) is 0 Å². The first kappa shape index (κ1) is 25.4. The predicted octanol–water partition coefficient (Wildman–Crippen LogP) is 8.17. The highest BCUT2D eigenvalue weighted by Crippen LogP contribution is 2.15. The molecule has 0 rings (SSSR count). The molecular formula is C25H49N. The number of nitrogens with zero attached hydrogens (tertiary/aromatic N) is 1. The van der Waals surface area contributed by atoms with Gasteiger partial charge in [0.2, 0.25) is 0 Å². The van der Waals surface area contributed by atoms with Crippen molar-refractivity contribution in [1.29, 1.82) is 0 Å². The summed E-state index contributed by atoms with van der Waals surface area (Å²) in [5, 5.41) is 0. The van der Waals surface area contributed by atoms with Crippen molar-refractivity contribution in [1.82, 2.24) is 4.90 Å². The van der Waals surface area contributed by atoms with Crippen molar-refractivity contribution in [2.24, 2.45) is 5.92 Å². The first-order valence-electron chi connectivity index (χ1n) is 11.6. The zero-order valence-electron chi connectivity index (χ0n) is 18.5. The van der Waals surface area contributed by atoms with E-state index in [9.17, 15) is 0 Å². The Labute approximate surface area is 166 Å². The average molecular weight is 364 g/mol. The Bertz CT molecular complexity index is 305. The van der Waals surface area contributed by atoms with Gasteiger partial charge in [0.1, 0.15) is 0 Å². The van der Waals surface area contributed by atoms with Gasteiger partial charge >= 0.3 is 0 Å². The van der Waals surface area contributed by atoms with Crippen LogP contribution in [0.15, 0.2) is 24.8 Å². The average Bonchev–Trinajstić information content (AvgIpc) is 2.63. The third-order valence-corrected chi connectivity index (χ3v) is 5.27. The molecule has 1 unspecified atom stereocenters. The molecule has 0 aliphatic carbocycles. The van der Waals surface area contributed by atoms with E-state index in [4.69, 9.17) is 0 Å². The van der Waals surface area contributed by atoms with Crippen LogP contribution in [-0.4, -0.2) is 25.5 Å². The summed E-state index contributed by atoms with van der Waals surface area (Å²) in [6.07, 6.45) is 29.2. The summed E-state index contributed by atoms with van der Waals surface area (Å²) in [4.78, 5) is 2.27. The fourth-order valence-electron chi connectivity index (χ4n) is 3.58. The molecule has 0 saturated carbocycles. The predicted molar refractivity (Wildman–Crippen MR) is 121 cm³/mol. The van der Waals surface area contributed by atoms with Crippen LogP contribution in [0.1, 0.15) is 110 Å². The lowest BCUT2D eigenvalue weighted by Crippen LogP contribution is -2.20. The lowest BCUT2D eigenvalue weighted by molar-refractivity contribution is 0.342. The maximum absolute atomic E-state index is 3.98. The number of hydrogen-bond acceptors (Lipinski definition) is 1. The van der Waals surface area contributed by atoms with E-state index in [1.807, 2.05) is 0 Å². The summed E-state index contributed by atoms with van der Waals surface area (Å²) in [7, 11) is 4.31. The molecule has 0 bridgehead atoms. The molecular weight excluding hydrogens is 314 g/mol. The number of hydrogen-bond donors (Lipinski definition) is 0. The lowest BCUT2D eigenvalue weighted by Gasteiger charge is -2.17. The Hall–Kier alpha value is -0.560. The maximum atomic E-state index is 3.98. The SMILES string of the molecule is C=CC(CCCCCCCCC/C=C/CCCCCCCC)CN(C)C. The second kappa shape index (κ2) is 20.7. The third kappa shape index (κ3) is 19.8. The van der Waals surface area contributed by atoms with E-state index in [0.717, 1.165) is 6.54 Å². The van der Waals surface area contributed by atoms with Crippen LogP contribution in [0, 0.1) is 5.92 Å². The largest absolute Gasteiger partial charge is 0.309 e. The Kier molecular flexibility index (Phi) is 20.3. The summed E-state index contributed by atoms with van der Waals surface area (Å²) in [6.45, 7) is 7.41.